The number of carbonyl (C=O) groups excluding carboxylic acids is 1. The van der Waals surface area contributed by atoms with Gasteiger partial charge in [0.15, 0.2) is 17.3 Å². The number of Topliss-reactive ketones (excluding diaryl/α,β-unsaturated/α-hetero) is 1. The lowest BCUT2D eigenvalue weighted by Crippen LogP contribution is -3.00. The maximum atomic E-state index is 13.6. The van der Waals surface area contributed by atoms with E-state index in [1.165, 1.54) is 25.3 Å². The molecule has 2 heterocycles. The van der Waals surface area contributed by atoms with Crippen molar-refractivity contribution in [3.8, 4) is 23.0 Å². The third-order valence-corrected chi connectivity index (χ3v) is 5.92. The van der Waals surface area contributed by atoms with Crippen molar-refractivity contribution >= 4 is 5.78 Å². The molecule has 6 nitrogen and oxygen atoms in total. The molecule has 0 aliphatic carbocycles. The van der Waals surface area contributed by atoms with Gasteiger partial charge in [0.2, 0.25) is 12.5 Å². The molecule has 162 valence electrons. The minimum absolute atomic E-state index is 0. The molecule has 4 rings (SSSR count). The number of hydrogen-bond acceptors (Lipinski definition) is 5. The van der Waals surface area contributed by atoms with Gasteiger partial charge in [-0.2, -0.15) is 0 Å². The number of benzene rings is 2. The first-order chi connectivity index (χ1) is 13.9. The summed E-state index contributed by atoms with van der Waals surface area (Å²) in [7, 11) is 7.25. The summed E-state index contributed by atoms with van der Waals surface area (Å²) in [5, 5.41) is 0. The molecule has 0 spiro atoms. The predicted molar refractivity (Wildman–Crippen MR) is 104 cm³/mol. The zero-order chi connectivity index (χ0) is 20.8. The number of quaternary nitrogens is 1. The maximum Gasteiger partial charge on any atom is 0.231 e. The Labute approximate surface area is 192 Å². The van der Waals surface area contributed by atoms with Crippen molar-refractivity contribution in [3.63, 3.8) is 0 Å². The molecule has 0 aromatic heterocycles. The number of ketones is 1. The highest BCUT2D eigenvalue weighted by molar-refractivity contribution is 5.99. The van der Waals surface area contributed by atoms with Crippen molar-refractivity contribution < 1.29 is 56.6 Å². The number of fused-ring (bicyclic) bond motifs is 2. The van der Waals surface area contributed by atoms with E-state index in [-0.39, 0.29) is 54.8 Å². The SMILES string of the molecule is COc1cc(F)ccc1C(=O)CC1c2c(cc3c(c2OC)OCO3)CC[N+]1(C)C.[I-]. The third-order valence-electron chi connectivity index (χ3n) is 5.92. The van der Waals surface area contributed by atoms with Crippen LogP contribution in [0.2, 0.25) is 0 Å². The molecule has 0 radical (unpaired) electrons. The van der Waals surface area contributed by atoms with Gasteiger partial charge in [0.05, 0.1) is 52.4 Å². The van der Waals surface area contributed by atoms with Crippen molar-refractivity contribution in [2.75, 3.05) is 41.7 Å². The van der Waals surface area contributed by atoms with E-state index in [9.17, 15) is 9.18 Å². The Balaban J connectivity index is 0.00000256. The van der Waals surface area contributed by atoms with Gasteiger partial charge in [0, 0.05) is 12.5 Å². The third kappa shape index (κ3) is 3.82. The summed E-state index contributed by atoms with van der Waals surface area (Å²) in [6.45, 7) is 1.03. The quantitative estimate of drug-likeness (QED) is 0.322. The molecular weight excluding hydrogens is 504 g/mol. The number of carbonyl (C=O) groups is 1. The highest BCUT2D eigenvalue weighted by Gasteiger charge is 2.42. The van der Waals surface area contributed by atoms with Crippen LogP contribution in [0, 0.1) is 5.82 Å². The Morgan fingerprint density at radius 3 is 2.67 bits per heavy atom. The van der Waals surface area contributed by atoms with Crippen LogP contribution < -0.4 is 42.9 Å². The van der Waals surface area contributed by atoms with Gasteiger partial charge in [-0.15, -0.1) is 0 Å². The first-order valence-corrected chi connectivity index (χ1v) is 9.54. The van der Waals surface area contributed by atoms with Gasteiger partial charge in [-0.05, 0) is 23.8 Å². The molecule has 2 aromatic rings. The van der Waals surface area contributed by atoms with Crippen LogP contribution in [0.5, 0.6) is 23.0 Å². The summed E-state index contributed by atoms with van der Waals surface area (Å²) < 4.78 is 36.4. The summed E-state index contributed by atoms with van der Waals surface area (Å²) in [5.41, 5.74) is 2.45. The van der Waals surface area contributed by atoms with Crippen LogP contribution in [-0.2, 0) is 6.42 Å². The van der Waals surface area contributed by atoms with Gasteiger partial charge in [0.1, 0.15) is 17.6 Å². The largest absolute Gasteiger partial charge is 1.00 e. The number of likely N-dealkylation sites (N-methyl/N-ethyl adjacent to an activating group) is 1. The van der Waals surface area contributed by atoms with Crippen LogP contribution in [0.4, 0.5) is 4.39 Å². The van der Waals surface area contributed by atoms with Crippen LogP contribution in [0.25, 0.3) is 0 Å². The molecule has 0 amide bonds. The van der Waals surface area contributed by atoms with E-state index >= 15 is 0 Å². The average molecular weight is 529 g/mol. The number of rotatable bonds is 5. The lowest BCUT2D eigenvalue weighted by atomic mass is 9.85. The van der Waals surface area contributed by atoms with Gasteiger partial charge in [-0.25, -0.2) is 4.39 Å². The lowest BCUT2D eigenvalue weighted by molar-refractivity contribution is -0.922. The standard InChI is InChI=1S/C22H25FNO5.HI/c1-24(2)8-7-13-9-19-21(29-12-28-19)22(27-4)20(13)16(24)11-17(25)15-6-5-14(23)10-18(15)26-3;/h5-6,9-10,16H,7-8,11-12H2,1-4H3;1H/q+1;/p-1. The Hall–Kier alpha value is -2.07. The molecule has 1 atom stereocenters. The molecule has 2 aliphatic heterocycles. The Bertz CT molecular complexity index is 978. The second-order valence-electron chi connectivity index (χ2n) is 7.96. The van der Waals surface area contributed by atoms with E-state index in [4.69, 9.17) is 18.9 Å². The predicted octanol–water partition coefficient (Wildman–Crippen LogP) is 0.522. The molecule has 0 N–H and O–H groups in total. The Kier molecular flexibility index (Phi) is 6.47. The first-order valence-electron chi connectivity index (χ1n) is 9.54. The minimum Gasteiger partial charge on any atom is -1.00 e. The van der Waals surface area contributed by atoms with E-state index in [0.717, 1.165) is 24.1 Å². The summed E-state index contributed by atoms with van der Waals surface area (Å²) in [6.07, 6.45) is 1.08. The van der Waals surface area contributed by atoms with Crippen molar-refractivity contribution in [1.29, 1.82) is 0 Å². The van der Waals surface area contributed by atoms with Crippen LogP contribution in [0.1, 0.15) is 33.9 Å². The van der Waals surface area contributed by atoms with Gasteiger partial charge in [-0.1, -0.05) is 0 Å². The molecule has 0 saturated heterocycles. The number of halogens is 2. The molecule has 1 unspecified atom stereocenters. The topological polar surface area (TPSA) is 54.0 Å². The number of nitrogens with zero attached hydrogens (tertiary/aromatic N) is 1. The lowest BCUT2D eigenvalue weighted by Gasteiger charge is -2.43. The fourth-order valence-corrected chi connectivity index (χ4v) is 4.30. The summed E-state index contributed by atoms with van der Waals surface area (Å²) in [6, 6.07) is 5.85. The number of methoxy groups -OCH3 is 2. The second kappa shape index (κ2) is 8.58. The van der Waals surface area contributed by atoms with Gasteiger partial charge in [0.25, 0.3) is 0 Å². The second-order valence-corrected chi connectivity index (χ2v) is 7.96. The van der Waals surface area contributed by atoms with E-state index in [1.54, 1.807) is 7.11 Å². The molecule has 0 bridgehead atoms. The minimum atomic E-state index is -0.438. The molecule has 0 fully saturated rings. The molecule has 30 heavy (non-hydrogen) atoms. The van der Waals surface area contributed by atoms with Crippen molar-refractivity contribution in [2.45, 2.75) is 18.9 Å². The Morgan fingerprint density at radius 2 is 1.97 bits per heavy atom. The molecule has 0 saturated carbocycles. The molecule has 8 heteroatoms. The van der Waals surface area contributed by atoms with Gasteiger partial charge >= 0.3 is 0 Å². The highest BCUT2D eigenvalue weighted by Crippen LogP contribution is 2.51. The van der Waals surface area contributed by atoms with E-state index in [2.05, 4.69) is 14.1 Å². The van der Waals surface area contributed by atoms with E-state index < -0.39 is 5.82 Å². The van der Waals surface area contributed by atoms with Crippen LogP contribution in [0.3, 0.4) is 0 Å². The van der Waals surface area contributed by atoms with Crippen molar-refractivity contribution in [1.82, 2.24) is 0 Å². The van der Waals surface area contributed by atoms with Crippen LogP contribution in [-0.4, -0.2) is 51.9 Å². The molecule has 2 aliphatic rings. The van der Waals surface area contributed by atoms with E-state index in [0.29, 0.717) is 27.3 Å². The molecule has 2 aromatic carbocycles. The monoisotopic (exact) mass is 529 g/mol. The summed E-state index contributed by atoms with van der Waals surface area (Å²) in [4.78, 5) is 13.2. The highest BCUT2D eigenvalue weighted by atomic mass is 127. The fourth-order valence-electron chi connectivity index (χ4n) is 4.30. The Morgan fingerprint density at radius 1 is 1.20 bits per heavy atom. The van der Waals surface area contributed by atoms with Crippen molar-refractivity contribution in [2.24, 2.45) is 0 Å². The normalized spacial score (nSPS) is 18.2. The summed E-state index contributed by atoms with van der Waals surface area (Å²) >= 11 is 0. The summed E-state index contributed by atoms with van der Waals surface area (Å²) in [5.74, 6) is 1.60. The van der Waals surface area contributed by atoms with Gasteiger partial charge < -0.3 is 47.4 Å². The van der Waals surface area contributed by atoms with Crippen LogP contribution in [0.15, 0.2) is 24.3 Å². The maximum absolute atomic E-state index is 13.6. The van der Waals surface area contributed by atoms with E-state index in [1.807, 2.05) is 6.07 Å². The fraction of sp³-hybridized carbons (Fsp3) is 0.409. The number of ether oxygens (including phenoxy) is 4. The van der Waals surface area contributed by atoms with Gasteiger partial charge in [-0.3, -0.25) is 4.79 Å². The zero-order valence-corrected chi connectivity index (χ0v) is 19.6. The van der Waals surface area contributed by atoms with Crippen LogP contribution >= 0.6 is 0 Å². The zero-order valence-electron chi connectivity index (χ0n) is 17.5. The van der Waals surface area contributed by atoms with Crippen molar-refractivity contribution in [3.05, 3.63) is 46.8 Å². The molecular formula is C22H25FINO5. The number of hydrogen-bond donors (Lipinski definition) is 0. The smallest absolute Gasteiger partial charge is 0.231 e. The average Bonchev–Trinajstić information content (AvgIpc) is 3.16. The first kappa shape index (κ1) is 22.6.